The number of halogens is 2. The van der Waals surface area contributed by atoms with Crippen LogP contribution in [0.3, 0.4) is 0 Å². The van der Waals surface area contributed by atoms with Crippen molar-refractivity contribution in [3.05, 3.63) is 57.6 Å². The van der Waals surface area contributed by atoms with Gasteiger partial charge in [-0.3, -0.25) is 0 Å². The second kappa shape index (κ2) is 5.90. The topological polar surface area (TPSA) is 18.5 Å². The van der Waals surface area contributed by atoms with Crippen LogP contribution in [0.4, 0.5) is 0 Å². The second-order valence-corrected chi connectivity index (χ2v) is 6.54. The molecule has 3 rings (SSSR count). The first kappa shape index (κ1) is 14.7. The van der Waals surface area contributed by atoms with Crippen LogP contribution in [0, 0.1) is 6.92 Å². The van der Waals surface area contributed by atoms with E-state index in [1.807, 2.05) is 24.3 Å². The highest BCUT2D eigenvalue weighted by Gasteiger charge is 2.24. The summed E-state index contributed by atoms with van der Waals surface area (Å²) in [5, 5.41) is 0.741. The standard InChI is InChI=1S/C17H16BrClO2/c1-10-3-4-15(20-2)13(7-10)16(18)14-9-12(19)8-11-5-6-21-17(11)14/h3-4,7-9,16H,5-6H2,1-2H3. The van der Waals surface area contributed by atoms with Gasteiger partial charge < -0.3 is 9.47 Å². The van der Waals surface area contributed by atoms with Crippen molar-refractivity contribution in [1.82, 2.24) is 0 Å². The summed E-state index contributed by atoms with van der Waals surface area (Å²) in [5.41, 5.74) is 4.50. The van der Waals surface area contributed by atoms with Crippen molar-refractivity contribution >= 4 is 27.5 Å². The van der Waals surface area contributed by atoms with Gasteiger partial charge in [-0.2, -0.15) is 0 Å². The Morgan fingerprint density at radius 3 is 2.81 bits per heavy atom. The average molecular weight is 368 g/mol. The minimum absolute atomic E-state index is 0.0158. The van der Waals surface area contributed by atoms with Gasteiger partial charge >= 0.3 is 0 Å². The molecule has 1 atom stereocenters. The second-order valence-electron chi connectivity index (χ2n) is 5.19. The Morgan fingerprint density at radius 2 is 2.05 bits per heavy atom. The maximum atomic E-state index is 6.26. The minimum Gasteiger partial charge on any atom is -0.496 e. The van der Waals surface area contributed by atoms with E-state index in [9.17, 15) is 0 Å². The fourth-order valence-electron chi connectivity index (χ4n) is 2.71. The quantitative estimate of drug-likeness (QED) is 0.705. The lowest BCUT2D eigenvalue weighted by Crippen LogP contribution is -2.00. The SMILES string of the molecule is COc1ccc(C)cc1C(Br)c1cc(Cl)cc2c1OCC2. The van der Waals surface area contributed by atoms with Gasteiger partial charge in [-0.05, 0) is 30.7 Å². The molecule has 1 heterocycles. The molecule has 0 aliphatic carbocycles. The summed E-state index contributed by atoms with van der Waals surface area (Å²) in [6.07, 6.45) is 0.910. The molecule has 0 fully saturated rings. The van der Waals surface area contributed by atoms with Crippen LogP contribution < -0.4 is 9.47 Å². The maximum absolute atomic E-state index is 6.26. The van der Waals surface area contributed by atoms with E-state index in [2.05, 4.69) is 28.9 Å². The van der Waals surface area contributed by atoms with Crippen LogP contribution in [0.2, 0.25) is 5.02 Å². The number of aryl methyl sites for hydroxylation is 1. The third-order valence-corrected chi connectivity index (χ3v) is 4.91. The van der Waals surface area contributed by atoms with E-state index < -0.39 is 0 Å². The predicted molar refractivity (Wildman–Crippen MR) is 89.2 cm³/mol. The highest BCUT2D eigenvalue weighted by molar-refractivity contribution is 9.09. The van der Waals surface area contributed by atoms with E-state index in [1.165, 1.54) is 11.1 Å². The molecule has 2 aromatic carbocycles. The summed E-state index contributed by atoms with van der Waals surface area (Å²) in [6, 6.07) is 10.1. The van der Waals surface area contributed by atoms with Crippen LogP contribution >= 0.6 is 27.5 Å². The summed E-state index contributed by atoms with van der Waals surface area (Å²) in [6.45, 7) is 2.79. The Labute approximate surface area is 138 Å². The minimum atomic E-state index is -0.0158. The third-order valence-electron chi connectivity index (χ3n) is 3.71. The Balaban J connectivity index is 2.11. The van der Waals surface area contributed by atoms with Crippen molar-refractivity contribution in [3.63, 3.8) is 0 Å². The highest BCUT2D eigenvalue weighted by atomic mass is 79.9. The van der Waals surface area contributed by atoms with Crippen molar-refractivity contribution in [3.8, 4) is 11.5 Å². The van der Waals surface area contributed by atoms with Gasteiger partial charge in [0, 0.05) is 22.6 Å². The maximum Gasteiger partial charge on any atom is 0.127 e. The molecule has 1 unspecified atom stereocenters. The van der Waals surface area contributed by atoms with E-state index >= 15 is 0 Å². The Kier molecular flexibility index (Phi) is 4.14. The smallest absolute Gasteiger partial charge is 0.127 e. The van der Waals surface area contributed by atoms with Gasteiger partial charge in [-0.15, -0.1) is 0 Å². The average Bonchev–Trinajstić information content (AvgIpc) is 2.93. The normalized spacial score (nSPS) is 14.5. The number of fused-ring (bicyclic) bond motifs is 1. The number of hydrogen-bond acceptors (Lipinski definition) is 2. The zero-order valence-corrected chi connectivity index (χ0v) is 14.3. The lowest BCUT2D eigenvalue weighted by molar-refractivity contribution is 0.353. The van der Waals surface area contributed by atoms with E-state index in [0.29, 0.717) is 6.61 Å². The zero-order valence-electron chi connectivity index (χ0n) is 12.0. The Morgan fingerprint density at radius 1 is 1.24 bits per heavy atom. The van der Waals surface area contributed by atoms with Crippen molar-refractivity contribution in [2.24, 2.45) is 0 Å². The van der Waals surface area contributed by atoms with E-state index in [4.69, 9.17) is 21.1 Å². The van der Waals surface area contributed by atoms with Crippen molar-refractivity contribution in [1.29, 1.82) is 0 Å². The molecule has 0 spiro atoms. The Bertz CT molecular complexity index is 685. The number of benzene rings is 2. The summed E-state index contributed by atoms with van der Waals surface area (Å²) in [5.74, 6) is 1.80. The molecule has 4 heteroatoms. The van der Waals surface area contributed by atoms with Crippen molar-refractivity contribution < 1.29 is 9.47 Å². The number of hydrogen-bond donors (Lipinski definition) is 0. The molecule has 2 nitrogen and oxygen atoms in total. The summed E-state index contributed by atoms with van der Waals surface area (Å²) in [4.78, 5) is -0.0158. The molecule has 0 amide bonds. The van der Waals surface area contributed by atoms with Crippen LogP contribution in [-0.2, 0) is 6.42 Å². The van der Waals surface area contributed by atoms with Crippen LogP contribution in [0.5, 0.6) is 11.5 Å². The molecule has 0 saturated heterocycles. The van der Waals surface area contributed by atoms with Crippen molar-refractivity contribution in [2.75, 3.05) is 13.7 Å². The van der Waals surface area contributed by atoms with Gasteiger partial charge in [0.25, 0.3) is 0 Å². The van der Waals surface area contributed by atoms with Crippen LogP contribution in [-0.4, -0.2) is 13.7 Å². The van der Waals surface area contributed by atoms with Gasteiger partial charge in [0.05, 0.1) is 18.5 Å². The number of methoxy groups -OCH3 is 1. The lowest BCUT2D eigenvalue weighted by atomic mass is 9.99. The molecule has 0 N–H and O–H groups in total. The third kappa shape index (κ3) is 2.77. The summed E-state index contributed by atoms with van der Waals surface area (Å²) >= 11 is 10.0. The van der Waals surface area contributed by atoms with Crippen LogP contribution in [0.15, 0.2) is 30.3 Å². The molecule has 110 valence electrons. The summed E-state index contributed by atoms with van der Waals surface area (Å²) in [7, 11) is 1.69. The molecule has 1 aliphatic rings. The van der Waals surface area contributed by atoms with E-state index in [-0.39, 0.29) is 4.83 Å². The van der Waals surface area contributed by atoms with Gasteiger partial charge in [0.1, 0.15) is 11.5 Å². The number of rotatable bonds is 3. The Hall–Kier alpha value is -1.19. The number of ether oxygens (including phenoxy) is 2. The van der Waals surface area contributed by atoms with Gasteiger partial charge in [0.15, 0.2) is 0 Å². The molecule has 21 heavy (non-hydrogen) atoms. The molecule has 0 aromatic heterocycles. The molecule has 0 saturated carbocycles. The molecular formula is C17H16BrClO2. The van der Waals surface area contributed by atoms with Gasteiger partial charge in [0.2, 0.25) is 0 Å². The van der Waals surface area contributed by atoms with Crippen LogP contribution in [0.25, 0.3) is 0 Å². The first-order chi connectivity index (χ1) is 10.1. The fraction of sp³-hybridized carbons (Fsp3) is 0.294. The zero-order chi connectivity index (χ0) is 15.0. The number of alkyl halides is 1. The molecule has 0 radical (unpaired) electrons. The van der Waals surface area contributed by atoms with Crippen LogP contribution in [0.1, 0.15) is 27.1 Å². The summed E-state index contributed by atoms with van der Waals surface area (Å²) < 4.78 is 11.3. The first-order valence-electron chi connectivity index (χ1n) is 6.84. The van der Waals surface area contributed by atoms with E-state index in [0.717, 1.165) is 34.1 Å². The molecule has 2 aromatic rings. The largest absolute Gasteiger partial charge is 0.496 e. The van der Waals surface area contributed by atoms with E-state index in [1.54, 1.807) is 7.11 Å². The molecule has 1 aliphatic heterocycles. The highest BCUT2D eigenvalue weighted by Crippen LogP contribution is 2.44. The first-order valence-corrected chi connectivity index (χ1v) is 8.13. The predicted octanol–water partition coefficient (Wildman–Crippen LogP) is 5.08. The van der Waals surface area contributed by atoms with Crippen molar-refractivity contribution in [2.45, 2.75) is 18.2 Å². The van der Waals surface area contributed by atoms with Gasteiger partial charge in [-0.1, -0.05) is 45.2 Å². The van der Waals surface area contributed by atoms with Gasteiger partial charge in [-0.25, -0.2) is 0 Å². The monoisotopic (exact) mass is 366 g/mol. The molecule has 0 bridgehead atoms. The lowest BCUT2D eigenvalue weighted by Gasteiger charge is -2.18. The molecular weight excluding hydrogens is 352 g/mol. The fourth-order valence-corrected chi connectivity index (χ4v) is 3.65.